The van der Waals surface area contributed by atoms with Crippen molar-refractivity contribution in [2.45, 2.75) is 110 Å². The molecule has 0 atom stereocenters. The Hall–Kier alpha value is -2.52. The molecule has 3 aromatic carbocycles. The molecule has 0 aliphatic heterocycles. The molecule has 0 aliphatic rings. The first-order valence-electron chi connectivity index (χ1n) is 13.7. The maximum atomic E-state index is 11.0. The number of rotatable bonds is 4. The highest BCUT2D eigenvalue weighted by molar-refractivity contribution is 7.99. The normalized spacial score (nSPS) is 10.9. The minimum Gasteiger partial charge on any atom is -0.507 e. The Balaban J connectivity index is 0.00000169. The van der Waals surface area contributed by atoms with Gasteiger partial charge in [-0.25, -0.2) is 0 Å². The van der Waals surface area contributed by atoms with Gasteiger partial charge in [0.2, 0.25) is 0 Å². The first-order chi connectivity index (χ1) is 17.5. The fourth-order valence-corrected chi connectivity index (χ4v) is 4.08. The third kappa shape index (κ3) is 11.6. The van der Waals surface area contributed by atoms with Crippen LogP contribution in [0, 0.1) is 0 Å². The van der Waals surface area contributed by atoms with Crippen molar-refractivity contribution >= 4 is 23.7 Å². The number of phenols is 1. The van der Waals surface area contributed by atoms with E-state index in [1.165, 1.54) is 16.9 Å². The zero-order valence-electron chi connectivity index (χ0n) is 25.4. The van der Waals surface area contributed by atoms with E-state index in [4.69, 9.17) is 4.99 Å². The Morgan fingerprint density at radius 3 is 1.78 bits per heavy atom. The molecule has 0 heterocycles. The molecule has 0 saturated carbocycles. The highest BCUT2D eigenvalue weighted by Gasteiger charge is 2.24. The molecule has 2 nitrogen and oxygen atoms in total. The average molecular weight is 522 g/mol. The molecule has 0 radical (unpaired) electrons. The summed E-state index contributed by atoms with van der Waals surface area (Å²) in [4.78, 5) is 7.03. The highest BCUT2D eigenvalue weighted by atomic mass is 32.2. The van der Waals surface area contributed by atoms with Crippen molar-refractivity contribution in [1.29, 1.82) is 0 Å². The lowest BCUT2D eigenvalue weighted by Gasteiger charge is -2.27. The Kier molecular flexibility index (Phi) is 15.9. The fourth-order valence-electron chi connectivity index (χ4n) is 3.16. The van der Waals surface area contributed by atoms with Gasteiger partial charge < -0.3 is 5.11 Å². The topological polar surface area (TPSA) is 32.6 Å². The molecule has 0 fully saturated rings. The largest absolute Gasteiger partial charge is 0.507 e. The second-order valence-electron chi connectivity index (χ2n) is 10.3. The SMILES string of the molecule is CC.CC.CC(C)(C)c1cc(C=Nc2ccccc2Sc2ccccc2)c(O)c(C(C)(C)C)c1.CCC. The highest BCUT2D eigenvalue weighted by Crippen LogP contribution is 2.38. The molecule has 37 heavy (non-hydrogen) atoms. The van der Waals surface area contributed by atoms with E-state index in [-0.39, 0.29) is 10.8 Å². The Morgan fingerprint density at radius 2 is 1.27 bits per heavy atom. The van der Waals surface area contributed by atoms with Crippen LogP contribution >= 0.6 is 11.8 Å². The number of aromatic hydroxyl groups is 1. The average Bonchev–Trinajstić information content (AvgIpc) is 2.86. The second-order valence-corrected chi connectivity index (χ2v) is 11.4. The molecular formula is C34H51NOS. The van der Waals surface area contributed by atoms with Crippen molar-refractivity contribution in [3.05, 3.63) is 83.4 Å². The van der Waals surface area contributed by atoms with Gasteiger partial charge in [0, 0.05) is 27.1 Å². The summed E-state index contributed by atoms with van der Waals surface area (Å²) in [5.41, 5.74) is 3.62. The van der Waals surface area contributed by atoms with E-state index in [1.54, 1.807) is 18.0 Å². The summed E-state index contributed by atoms with van der Waals surface area (Å²) in [6.45, 7) is 25.2. The summed E-state index contributed by atoms with van der Waals surface area (Å²) in [7, 11) is 0. The van der Waals surface area contributed by atoms with E-state index in [0.717, 1.165) is 21.7 Å². The van der Waals surface area contributed by atoms with E-state index < -0.39 is 0 Å². The molecule has 0 aliphatic carbocycles. The van der Waals surface area contributed by atoms with Crippen LogP contribution in [-0.2, 0) is 10.8 Å². The van der Waals surface area contributed by atoms with Crippen molar-refractivity contribution in [2.75, 3.05) is 0 Å². The Labute approximate surface area is 232 Å². The maximum Gasteiger partial charge on any atom is 0.128 e. The van der Waals surface area contributed by atoms with Gasteiger partial charge in [-0.05, 0) is 46.7 Å². The number of hydrogen-bond acceptors (Lipinski definition) is 3. The van der Waals surface area contributed by atoms with E-state index >= 15 is 0 Å². The quantitative estimate of drug-likeness (QED) is 0.346. The molecule has 0 saturated heterocycles. The van der Waals surface area contributed by atoms with Crippen molar-refractivity contribution < 1.29 is 5.11 Å². The van der Waals surface area contributed by atoms with E-state index in [0.29, 0.717) is 5.75 Å². The lowest BCUT2D eigenvalue weighted by atomic mass is 9.79. The van der Waals surface area contributed by atoms with E-state index in [1.807, 2.05) is 64.1 Å². The minimum absolute atomic E-state index is 0.0165. The van der Waals surface area contributed by atoms with Gasteiger partial charge in [-0.2, -0.15) is 0 Å². The zero-order valence-corrected chi connectivity index (χ0v) is 26.3. The molecule has 3 rings (SSSR count). The lowest BCUT2D eigenvalue weighted by molar-refractivity contribution is 0.444. The number of hydrogen-bond donors (Lipinski definition) is 1. The summed E-state index contributed by atoms with van der Waals surface area (Å²) < 4.78 is 0. The summed E-state index contributed by atoms with van der Waals surface area (Å²) in [5, 5.41) is 11.0. The summed E-state index contributed by atoms with van der Waals surface area (Å²) in [6.07, 6.45) is 3.05. The van der Waals surface area contributed by atoms with Gasteiger partial charge in [0.05, 0.1) is 5.69 Å². The number of benzene rings is 3. The van der Waals surface area contributed by atoms with Crippen LogP contribution in [0.5, 0.6) is 5.75 Å². The maximum absolute atomic E-state index is 11.0. The van der Waals surface area contributed by atoms with Gasteiger partial charge in [0.25, 0.3) is 0 Å². The summed E-state index contributed by atoms with van der Waals surface area (Å²) >= 11 is 1.69. The predicted octanol–water partition coefficient (Wildman–Crippen LogP) is 11.4. The third-order valence-electron chi connectivity index (χ3n) is 4.99. The monoisotopic (exact) mass is 521 g/mol. The lowest BCUT2D eigenvalue weighted by Crippen LogP contribution is -2.17. The molecule has 0 unspecified atom stereocenters. The third-order valence-corrected chi connectivity index (χ3v) is 6.07. The van der Waals surface area contributed by atoms with E-state index in [9.17, 15) is 5.11 Å². The van der Waals surface area contributed by atoms with Gasteiger partial charge in [-0.15, -0.1) is 0 Å². The first kappa shape index (κ1) is 34.5. The van der Waals surface area contributed by atoms with Gasteiger partial charge >= 0.3 is 0 Å². The van der Waals surface area contributed by atoms with Crippen molar-refractivity contribution in [1.82, 2.24) is 0 Å². The van der Waals surface area contributed by atoms with Crippen molar-refractivity contribution in [2.24, 2.45) is 4.99 Å². The standard InChI is InChI=1S/C27H31NOS.C3H8.2C2H6/c1-26(2,3)20-16-19(25(29)22(17-20)27(4,5)6)18-28-23-14-10-11-15-24(23)30-21-12-8-7-9-13-21;1-3-2;2*1-2/h7-18,29H,1-6H3;3H2,1-2H3;2*1-2H3. The molecule has 3 heteroatoms. The predicted molar refractivity (Wildman–Crippen MR) is 168 cm³/mol. The number of aliphatic imine (C=N–C) groups is 1. The van der Waals surface area contributed by atoms with Crippen LogP contribution in [0.2, 0.25) is 0 Å². The van der Waals surface area contributed by atoms with Crippen molar-refractivity contribution in [3.63, 3.8) is 0 Å². The fraction of sp³-hybridized carbons (Fsp3) is 0.441. The van der Waals surface area contributed by atoms with Crippen LogP contribution in [0.3, 0.4) is 0 Å². The minimum atomic E-state index is -0.158. The molecule has 3 aromatic rings. The van der Waals surface area contributed by atoms with Gasteiger partial charge in [0.15, 0.2) is 0 Å². The van der Waals surface area contributed by atoms with Crippen LogP contribution in [0.4, 0.5) is 5.69 Å². The summed E-state index contributed by atoms with van der Waals surface area (Å²) in [5.74, 6) is 0.312. The molecular weight excluding hydrogens is 470 g/mol. The van der Waals surface area contributed by atoms with Crippen LogP contribution < -0.4 is 0 Å². The molecule has 204 valence electrons. The van der Waals surface area contributed by atoms with Crippen LogP contribution in [0.15, 0.2) is 81.5 Å². The van der Waals surface area contributed by atoms with Gasteiger partial charge in [-0.3, -0.25) is 4.99 Å². The number of para-hydroxylation sites is 1. The molecule has 0 aromatic heterocycles. The number of phenolic OH excluding ortho intramolecular Hbond substituents is 1. The van der Waals surface area contributed by atoms with Gasteiger partial charge in [0.1, 0.15) is 5.75 Å². The second kappa shape index (κ2) is 17.1. The Morgan fingerprint density at radius 1 is 0.757 bits per heavy atom. The molecule has 0 amide bonds. The summed E-state index contributed by atoms with van der Waals surface area (Å²) in [6, 6.07) is 22.6. The Bertz CT molecular complexity index is 1060. The smallest absolute Gasteiger partial charge is 0.128 e. The molecule has 0 spiro atoms. The zero-order chi connectivity index (χ0) is 28.6. The van der Waals surface area contributed by atoms with Gasteiger partial charge in [-0.1, -0.05) is 138 Å². The van der Waals surface area contributed by atoms with Crippen LogP contribution in [0.25, 0.3) is 0 Å². The van der Waals surface area contributed by atoms with Crippen LogP contribution in [0.1, 0.15) is 106 Å². The first-order valence-corrected chi connectivity index (χ1v) is 14.5. The van der Waals surface area contributed by atoms with E-state index in [2.05, 4.69) is 85.7 Å². The van der Waals surface area contributed by atoms with Crippen LogP contribution in [-0.4, -0.2) is 11.3 Å². The molecule has 1 N–H and O–H groups in total. The van der Waals surface area contributed by atoms with Crippen molar-refractivity contribution in [3.8, 4) is 5.75 Å². The molecule has 0 bridgehead atoms. The number of nitrogens with zero attached hydrogens (tertiary/aromatic N) is 1.